The van der Waals surface area contributed by atoms with Gasteiger partial charge in [0.1, 0.15) is 0 Å². The first-order valence-electron chi connectivity index (χ1n) is 7.67. The fraction of sp³-hybridized carbons (Fsp3) is 0.222. The van der Waals surface area contributed by atoms with Crippen LogP contribution in [0.25, 0.3) is 10.9 Å². The van der Waals surface area contributed by atoms with Crippen molar-refractivity contribution in [2.24, 2.45) is 0 Å². The topological polar surface area (TPSA) is 74.1 Å². The summed E-state index contributed by atoms with van der Waals surface area (Å²) in [5.74, 6) is -0.466. The number of hydrogen-bond acceptors (Lipinski definition) is 5. The zero-order valence-electron chi connectivity index (χ0n) is 13.5. The molecule has 0 unspecified atom stereocenters. The van der Waals surface area contributed by atoms with Crippen LogP contribution in [0.3, 0.4) is 0 Å². The predicted octanol–water partition coefficient (Wildman–Crippen LogP) is 2.32. The Labute approximate surface area is 138 Å². The molecule has 3 rings (SSSR count). The van der Waals surface area contributed by atoms with Gasteiger partial charge >= 0.3 is 5.97 Å². The van der Waals surface area contributed by atoms with Crippen molar-refractivity contribution in [3.63, 3.8) is 0 Å². The number of carbonyl (C=O) groups is 1. The van der Waals surface area contributed by atoms with Crippen LogP contribution in [-0.2, 0) is 11.3 Å². The minimum Gasteiger partial charge on any atom is -0.462 e. The van der Waals surface area contributed by atoms with Crippen LogP contribution >= 0.6 is 0 Å². The van der Waals surface area contributed by atoms with Crippen molar-refractivity contribution < 1.29 is 9.53 Å². The summed E-state index contributed by atoms with van der Waals surface area (Å²) in [5, 5.41) is 0.398. The number of hydrogen-bond donors (Lipinski definition) is 0. The van der Waals surface area contributed by atoms with Gasteiger partial charge in [-0.3, -0.25) is 14.8 Å². The van der Waals surface area contributed by atoms with Crippen molar-refractivity contribution in [1.82, 2.24) is 14.5 Å². The maximum absolute atomic E-state index is 12.7. The molecule has 0 saturated carbocycles. The number of fused-ring (bicyclic) bond motifs is 1. The van der Waals surface area contributed by atoms with Crippen LogP contribution < -0.4 is 5.56 Å². The van der Waals surface area contributed by atoms with Gasteiger partial charge in [0.2, 0.25) is 0 Å². The normalized spacial score (nSPS) is 10.8. The molecule has 0 spiro atoms. The van der Waals surface area contributed by atoms with E-state index < -0.39 is 5.97 Å². The Balaban J connectivity index is 2.08. The fourth-order valence-corrected chi connectivity index (χ4v) is 2.53. The lowest BCUT2D eigenvalue weighted by Crippen LogP contribution is -2.21. The number of ether oxygens (including phenoxy) is 1. The molecule has 6 nitrogen and oxygen atoms in total. The molecule has 0 N–H and O–H groups in total. The van der Waals surface area contributed by atoms with Gasteiger partial charge in [0.05, 0.1) is 35.3 Å². The Morgan fingerprint density at radius 2 is 2.17 bits per heavy atom. The second kappa shape index (κ2) is 6.62. The third kappa shape index (κ3) is 3.03. The molecule has 122 valence electrons. The Kier molecular flexibility index (Phi) is 4.37. The highest BCUT2D eigenvalue weighted by Gasteiger charge is 2.15. The summed E-state index contributed by atoms with van der Waals surface area (Å²) in [6.45, 7) is 4.15. The number of aryl methyl sites for hydroxylation is 1. The average molecular weight is 323 g/mol. The van der Waals surface area contributed by atoms with Crippen LogP contribution in [0.1, 0.15) is 28.5 Å². The smallest absolute Gasteiger partial charge is 0.339 e. The van der Waals surface area contributed by atoms with Gasteiger partial charge in [0.25, 0.3) is 5.56 Å². The van der Waals surface area contributed by atoms with Crippen molar-refractivity contribution in [1.29, 1.82) is 0 Å². The molecule has 24 heavy (non-hydrogen) atoms. The number of esters is 1. The van der Waals surface area contributed by atoms with E-state index in [2.05, 4.69) is 9.97 Å². The van der Waals surface area contributed by atoms with Crippen LogP contribution in [0.4, 0.5) is 0 Å². The zero-order chi connectivity index (χ0) is 17.1. The SMILES string of the molecule is CCOC(=O)c1cc2c(=O)n(Cc3cccnc3)ccc2nc1C. The summed E-state index contributed by atoms with van der Waals surface area (Å²) in [5.41, 5.74) is 2.15. The predicted molar refractivity (Wildman–Crippen MR) is 90.0 cm³/mol. The minimum atomic E-state index is -0.466. The summed E-state index contributed by atoms with van der Waals surface area (Å²) in [4.78, 5) is 33.2. The number of nitrogens with zero attached hydrogens (tertiary/aromatic N) is 3. The van der Waals surface area contributed by atoms with Gasteiger partial charge in [0, 0.05) is 18.6 Å². The van der Waals surface area contributed by atoms with Crippen molar-refractivity contribution in [2.45, 2.75) is 20.4 Å². The first-order valence-corrected chi connectivity index (χ1v) is 7.67. The van der Waals surface area contributed by atoms with E-state index in [-0.39, 0.29) is 12.2 Å². The quantitative estimate of drug-likeness (QED) is 0.689. The first kappa shape index (κ1) is 15.9. The van der Waals surface area contributed by atoms with Crippen LogP contribution in [-0.4, -0.2) is 27.1 Å². The second-order valence-corrected chi connectivity index (χ2v) is 5.38. The van der Waals surface area contributed by atoms with Crippen molar-refractivity contribution in [3.05, 3.63) is 70.0 Å². The second-order valence-electron chi connectivity index (χ2n) is 5.38. The molecule has 3 aromatic rings. The number of aromatic nitrogens is 3. The lowest BCUT2D eigenvalue weighted by atomic mass is 10.1. The van der Waals surface area contributed by atoms with E-state index in [1.165, 1.54) is 0 Å². The van der Waals surface area contributed by atoms with E-state index in [4.69, 9.17) is 4.74 Å². The van der Waals surface area contributed by atoms with Crippen LogP contribution in [0.5, 0.6) is 0 Å². The maximum Gasteiger partial charge on any atom is 0.339 e. The van der Waals surface area contributed by atoms with E-state index in [1.807, 2.05) is 12.1 Å². The molecule has 3 heterocycles. The van der Waals surface area contributed by atoms with Crippen molar-refractivity contribution >= 4 is 16.9 Å². The van der Waals surface area contributed by atoms with Gasteiger partial charge in [-0.05, 0) is 37.6 Å². The van der Waals surface area contributed by atoms with Gasteiger partial charge in [-0.2, -0.15) is 0 Å². The molecule has 0 aliphatic heterocycles. The van der Waals surface area contributed by atoms with Gasteiger partial charge in [-0.25, -0.2) is 4.79 Å². The summed E-state index contributed by atoms with van der Waals surface area (Å²) in [6.07, 6.45) is 5.10. The Hall–Kier alpha value is -3.02. The van der Waals surface area contributed by atoms with E-state index in [0.29, 0.717) is 28.7 Å². The Bertz CT molecular complexity index is 949. The molecule has 0 aliphatic carbocycles. The summed E-state index contributed by atoms with van der Waals surface area (Å²) in [6, 6.07) is 7.07. The lowest BCUT2D eigenvalue weighted by molar-refractivity contribution is 0.0525. The Morgan fingerprint density at radius 1 is 1.33 bits per heavy atom. The zero-order valence-corrected chi connectivity index (χ0v) is 13.5. The van der Waals surface area contributed by atoms with Crippen molar-refractivity contribution in [2.75, 3.05) is 6.61 Å². The third-order valence-electron chi connectivity index (χ3n) is 3.72. The molecule has 3 aromatic heterocycles. The summed E-state index contributed by atoms with van der Waals surface area (Å²) in [7, 11) is 0. The van der Waals surface area contributed by atoms with Crippen LogP contribution in [0.2, 0.25) is 0 Å². The molecule has 0 aliphatic rings. The maximum atomic E-state index is 12.7. The van der Waals surface area contributed by atoms with Crippen molar-refractivity contribution in [3.8, 4) is 0 Å². The largest absolute Gasteiger partial charge is 0.462 e. The molecule has 0 radical (unpaired) electrons. The molecule has 0 fully saturated rings. The average Bonchev–Trinajstić information content (AvgIpc) is 2.58. The molecule has 0 atom stereocenters. The van der Waals surface area contributed by atoms with Crippen LogP contribution in [0.15, 0.2) is 47.7 Å². The van der Waals surface area contributed by atoms with Crippen LogP contribution in [0, 0.1) is 6.92 Å². The number of pyridine rings is 3. The fourth-order valence-electron chi connectivity index (χ4n) is 2.53. The van der Waals surface area contributed by atoms with E-state index in [0.717, 1.165) is 5.56 Å². The van der Waals surface area contributed by atoms with E-state index >= 15 is 0 Å². The monoisotopic (exact) mass is 323 g/mol. The van der Waals surface area contributed by atoms with E-state index in [1.54, 1.807) is 49.1 Å². The molecule has 0 saturated heterocycles. The highest BCUT2D eigenvalue weighted by Crippen LogP contribution is 2.15. The third-order valence-corrected chi connectivity index (χ3v) is 3.72. The van der Waals surface area contributed by atoms with E-state index in [9.17, 15) is 9.59 Å². The number of carbonyl (C=O) groups excluding carboxylic acids is 1. The summed E-state index contributed by atoms with van der Waals surface area (Å²) < 4.78 is 6.60. The lowest BCUT2D eigenvalue weighted by Gasteiger charge is -2.09. The molecule has 0 amide bonds. The highest BCUT2D eigenvalue weighted by atomic mass is 16.5. The molecule has 0 aromatic carbocycles. The summed E-state index contributed by atoms with van der Waals surface area (Å²) >= 11 is 0. The van der Waals surface area contributed by atoms with Gasteiger partial charge in [-0.15, -0.1) is 0 Å². The Morgan fingerprint density at radius 3 is 2.88 bits per heavy atom. The van der Waals surface area contributed by atoms with Gasteiger partial charge in [-0.1, -0.05) is 6.07 Å². The first-order chi connectivity index (χ1) is 11.6. The van der Waals surface area contributed by atoms with Gasteiger partial charge < -0.3 is 9.30 Å². The number of rotatable bonds is 4. The molecular formula is C18H17N3O3. The molecule has 6 heteroatoms. The standard InChI is InChI=1S/C18H17N3O3/c1-3-24-18(23)14-9-15-16(20-12(14)2)6-8-21(17(15)22)11-13-5-4-7-19-10-13/h4-10H,3,11H2,1-2H3. The van der Waals surface area contributed by atoms with Gasteiger partial charge in [0.15, 0.2) is 0 Å². The molecule has 0 bridgehead atoms. The highest BCUT2D eigenvalue weighted by molar-refractivity contribution is 5.94. The molecular weight excluding hydrogens is 306 g/mol. The minimum absolute atomic E-state index is 0.200.